The summed E-state index contributed by atoms with van der Waals surface area (Å²) in [5, 5.41) is 9.74. The van der Waals surface area contributed by atoms with E-state index < -0.39 is 17.7 Å². The summed E-state index contributed by atoms with van der Waals surface area (Å²) in [6, 6.07) is 0. The highest BCUT2D eigenvalue weighted by Gasteiger charge is 2.56. The molecule has 2 fully saturated rings. The molecule has 0 amide bonds. The quantitative estimate of drug-likeness (QED) is 0.751. The fourth-order valence-corrected chi connectivity index (χ4v) is 3.80. The largest absolute Gasteiger partial charge is 0.417 e. The van der Waals surface area contributed by atoms with Crippen LogP contribution in [0.3, 0.4) is 0 Å². The molecule has 5 unspecified atom stereocenters. The number of halogens is 3. The van der Waals surface area contributed by atoms with Gasteiger partial charge in [-0.25, -0.2) is 0 Å². The molecule has 2 aliphatic rings. The van der Waals surface area contributed by atoms with Crippen molar-refractivity contribution in [3.8, 4) is 0 Å². The van der Waals surface area contributed by atoms with E-state index in [2.05, 4.69) is 6.92 Å². The van der Waals surface area contributed by atoms with Gasteiger partial charge in [-0.1, -0.05) is 13.3 Å². The first-order valence-corrected chi connectivity index (χ1v) is 6.52. The Morgan fingerprint density at radius 1 is 1.06 bits per heavy atom. The highest BCUT2D eigenvalue weighted by Crippen LogP contribution is 2.52. The topological polar surface area (TPSA) is 20.2 Å². The fraction of sp³-hybridized carbons (Fsp3) is 1.00. The van der Waals surface area contributed by atoms with Crippen LogP contribution in [0.1, 0.15) is 46.0 Å². The van der Waals surface area contributed by atoms with Gasteiger partial charge < -0.3 is 5.11 Å². The van der Waals surface area contributed by atoms with Crippen molar-refractivity contribution in [1.29, 1.82) is 0 Å². The Kier molecular flexibility index (Phi) is 3.22. The van der Waals surface area contributed by atoms with E-state index in [1.807, 2.05) is 0 Å². The monoisotopic (exact) mass is 250 g/mol. The highest BCUT2D eigenvalue weighted by atomic mass is 19.4. The Bertz CT molecular complexity index is 285. The Labute approximate surface area is 100 Å². The lowest BCUT2D eigenvalue weighted by molar-refractivity contribution is -0.277. The minimum Gasteiger partial charge on any atom is -0.380 e. The second-order valence-corrected chi connectivity index (χ2v) is 6.13. The summed E-state index contributed by atoms with van der Waals surface area (Å²) in [5.74, 6) is 1.03. The molecule has 2 aliphatic carbocycles. The molecule has 0 spiro atoms. The molecular weight excluding hydrogens is 229 g/mol. The van der Waals surface area contributed by atoms with Crippen molar-refractivity contribution >= 4 is 0 Å². The number of alkyl halides is 3. The number of fused-ring (bicyclic) bond motifs is 1. The van der Waals surface area contributed by atoms with Gasteiger partial charge in [0.1, 0.15) is 0 Å². The van der Waals surface area contributed by atoms with Crippen molar-refractivity contribution in [3.05, 3.63) is 0 Å². The van der Waals surface area contributed by atoms with E-state index in [9.17, 15) is 18.3 Å². The second-order valence-electron chi connectivity index (χ2n) is 6.13. The minimum atomic E-state index is -4.51. The minimum absolute atomic E-state index is 0.401. The smallest absolute Gasteiger partial charge is 0.380 e. The average molecular weight is 250 g/mol. The van der Waals surface area contributed by atoms with Crippen LogP contribution < -0.4 is 0 Å². The molecule has 0 aromatic carbocycles. The number of hydrogen-bond acceptors (Lipinski definition) is 1. The van der Waals surface area contributed by atoms with Gasteiger partial charge in [0.15, 0.2) is 5.60 Å². The predicted molar refractivity (Wildman–Crippen MR) is 59.4 cm³/mol. The van der Waals surface area contributed by atoms with Crippen LogP contribution in [0.5, 0.6) is 0 Å². The van der Waals surface area contributed by atoms with Gasteiger partial charge in [-0.15, -0.1) is 0 Å². The maximum absolute atomic E-state index is 12.8. The van der Waals surface area contributed by atoms with Crippen molar-refractivity contribution < 1.29 is 18.3 Å². The molecule has 0 aliphatic heterocycles. The molecule has 2 saturated carbocycles. The molecule has 0 aromatic rings. The van der Waals surface area contributed by atoms with Gasteiger partial charge in [0.2, 0.25) is 0 Å². The maximum Gasteiger partial charge on any atom is 0.417 e. The van der Waals surface area contributed by atoms with Crippen molar-refractivity contribution in [2.24, 2.45) is 23.7 Å². The molecule has 4 heteroatoms. The standard InChI is InChI=1S/C13H21F3O/c1-8-3-4-9-7-10(5-6-11(8)9)12(2,17)13(14,15)16/h8-11,17H,3-7H2,1-2H3. The van der Waals surface area contributed by atoms with Crippen molar-refractivity contribution in [1.82, 2.24) is 0 Å². The molecule has 0 radical (unpaired) electrons. The van der Waals surface area contributed by atoms with Gasteiger partial charge in [0.05, 0.1) is 0 Å². The average Bonchev–Trinajstić information content (AvgIpc) is 2.58. The zero-order valence-electron chi connectivity index (χ0n) is 10.4. The van der Waals surface area contributed by atoms with E-state index >= 15 is 0 Å². The molecule has 1 nitrogen and oxygen atoms in total. The van der Waals surface area contributed by atoms with Crippen LogP contribution in [0.2, 0.25) is 0 Å². The van der Waals surface area contributed by atoms with E-state index in [1.54, 1.807) is 0 Å². The summed E-state index contributed by atoms with van der Waals surface area (Å²) in [6.07, 6.45) is -0.427. The Balaban J connectivity index is 2.07. The first-order chi connectivity index (χ1) is 7.73. The van der Waals surface area contributed by atoms with Crippen LogP contribution in [-0.4, -0.2) is 16.9 Å². The molecule has 0 aromatic heterocycles. The van der Waals surface area contributed by atoms with Crippen LogP contribution in [0.15, 0.2) is 0 Å². The molecular formula is C13H21F3O. The summed E-state index contributed by atoms with van der Waals surface area (Å²) >= 11 is 0. The summed E-state index contributed by atoms with van der Waals surface area (Å²) in [5.41, 5.74) is -2.51. The fourth-order valence-electron chi connectivity index (χ4n) is 3.80. The summed E-state index contributed by atoms with van der Waals surface area (Å²) < 4.78 is 38.4. The molecule has 1 N–H and O–H groups in total. The van der Waals surface area contributed by atoms with Crippen LogP contribution in [0, 0.1) is 23.7 Å². The molecule has 5 atom stereocenters. The van der Waals surface area contributed by atoms with E-state index in [0.717, 1.165) is 26.2 Å². The molecule has 0 saturated heterocycles. The van der Waals surface area contributed by atoms with Gasteiger partial charge in [-0.05, 0) is 56.3 Å². The van der Waals surface area contributed by atoms with Crippen LogP contribution in [-0.2, 0) is 0 Å². The highest BCUT2D eigenvalue weighted by molar-refractivity contribution is 4.96. The van der Waals surface area contributed by atoms with Crippen molar-refractivity contribution in [2.45, 2.75) is 57.7 Å². The Hall–Kier alpha value is -0.250. The van der Waals surface area contributed by atoms with Crippen LogP contribution >= 0.6 is 0 Å². The summed E-state index contributed by atoms with van der Waals surface area (Å²) in [7, 11) is 0. The molecule has 0 bridgehead atoms. The van der Waals surface area contributed by atoms with Gasteiger partial charge in [-0.2, -0.15) is 13.2 Å². The maximum atomic E-state index is 12.8. The van der Waals surface area contributed by atoms with Crippen molar-refractivity contribution in [2.75, 3.05) is 0 Å². The third kappa shape index (κ3) is 2.20. The molecule has 2 rings (SSSR count). The lowest BCUT2D eigenvalue weighted by atomic mass is 9.68. The predicted octanol–water partition coefficient (Wildman–Crippen LogP) is 3.76. The summed E-state index contributed by atoms with van der Waals surface area (Å²) in [4.78, 5) is 0. The Morgan fingerprint density at radius 3 is 2.29 bits per heavy atom. The molecule has 100 valence electrons. The second kappa shape index (κ2) is 4.15. The third-order valence-electron chi connectivity index (χ3n) is 5.13. The Morgan fingerprint density at radius 2 is 1.71 bits per heavy atom. The van der Waals surface area contributed by atoms with E-state index in [1.165, 1.54) is 0 Å². The van der Waals surface area contributed by atoms with Gasteiger partial charge in [-0.3, -0.25) is 0 Å². The lowest BCUT2D eigenvalue weighted by Gasteiger charge is -2.41. The molecule has 17 heavy (non-hydrogen) atoms. The zero-order valence-corrected chi connectivity index (χ0v) is 10.4. The number of hydrogen-bond donors (Lipinski definition) is 1. The first kappa shape index (κ1) is 13.2. The normalized spacial score (nSPS) is 42.0. The van der Waals surface area contributed by atoms with E-state index in [0.29, 0.717) is 30.6 Å². The van der Waals surface area contributed by atoms with Crippen LogP contribution in [0.4, 0.5) is 13.2 Å². The zero-order chi connectivity index (χ0) is 12.8. The third-order valence-corrected chi connectivity index (χ3v) is 5.13. The number of rotatable bonds is 1. The summed E-state index contributed by atoms with van der Waals surface area (Å²) in [6.45, 7) is 3.14. The SMILES string of the molecule is CC1CCC2CC(C(C)(O)C(F)(F)F)CCC12. The first-order valence-electron chi connectivity index (χ1n) is 6.52. The van der Waals surface area contributed by atoms with Crippen molar-refractivity contribution in [3.63, 3.8) is 0 Å². The van der Waals surface area contributed by atoms with Gasteiger partial charge in [0, 0.05) is 0 Å². The van der Waals surface area contributed by atoms with Gasteiger partial charge >= 0.3 is 6.18 Å². The molecule has 0 heterocycles. The van der Waals surface area contributed by atoms with Crippen LogP contribution in [0.25, 0.3) is 0 Å². The number of aliphatic hydroxyl groups is 1. The lowest BCUT2D eigenvalue weighted by Crippen LogP contribution is -2.50. The van der Waals surface area contributed by atoms with E-state index in [4.69, 9.17) is 0 Å². The van der Waals surface area contributed by atoms with Gasteiger partial charge in [0.25, 0.3) is 0 Å². The van der Waals surface area contributed by atoms with E-state index in [-0.39, 0.29) is 0 Å².